The van der Waals surface area contributed by atoms with Crippen LogP contribution in [0.15, 0.2) is 47.5 Å². The van der Waals surface area contributed by atoms with Gasteiger partial charge in [0.05, 0.1) is 32.0 Å². The van der Waals surface area contributed by atoms with Crippen LogP contribution in [0, 0.1) is 0 Å². The number of rotatable bonds is 4. The van der Waals surface area contributed by atoms with Gasteiger partial charge in [-0.15, -0.1) is 0 Å². The van der Waals surface area contributed by atoms with Crippen LogP contribution in [-0.4, -0.2) is 37.8 Å². The largest absolute Gasteiger partial charge is 0.497 e. The van der Waals surface area contributed by atoms with Gasteiger partial charge in [-0.2, -0.15) is 0 Å². The molecule has 0 aromatic heterocycles. The summed E-state index contributed by atoms with van der Waals surface area (Å²) in [5.41, 5.74) is 2.64. The molecule has 0 bridgehead atoms. The van der Waals surface area contributed by atoms with Crippen LogP contribution < -0.4 is 10.1 Å². The smallest absolute Gasteiger partial charge is 0.308 e. The van der Waals surface area contributed by atoms with Crippen LogP contribution in [0.3, 0.4) is 0 Å². The van der Waals surface area contributed by atoms with Crippen LogP contribution in [0.25, 0.3) is 0 Å². The number of anilines is 1. The number of carbonyl (C=O) groups is 2. The molecular weight excluding hydrogens is 356 g/mol. The number of nitrogens with zero attached hydrogens (tertiary/aromatic N) is 1. The lowest BCUT2D eigenvalue weighted by molar-refractivity contribution is -0.142. The molecule has 0 saturated carbocycles. The van der Waals surface area contributed by atoms with Crippen LogP contribution in [0.5, 0.6) is 5.75 Å². The minimum atomic E-state index is -0.897. The highest BCUT2D eigenvalue weighted by molar-refractivity contribution is 6.30. The van der Waals surface area contributed by atoms with Gasteiger partial charge in [0, 0.05) is 16.1 Å². The van der Waals surface area contributed by atoms with E-state index in [9.17, 15) is 9.59 Å². The second kappa shape index (κ2) is 7.58. The quantitative estimate of drug-likeness (QED) is 0.837. The normalized spacial score (nSPS) is 16.0. The molecule has 134 valence electrons. The summed E-state index contributed by atoms with van der Waals surface area (Å²) < 4.78 is 9.98. The van der Waals surface area contributed by atoms with Crippen LogP contribution >= 0.6 is 11.6 Å². The highest BCUT2D eigenvalue weighted by Gasteiger charge is 2.28. The first-order valence-electron chi connectivity index (χ1n) is 7.91. The number of benzene rings is 2. The molecule has 7 heteroatoms. The molecule has 0 fully saturated rings. The molecule has 1 unspecified atom stereocenters. The van der Waals surface area contributed by atoms with Crippen LogP contribution in [0.1, 0.15) is 17.5 Å². The van der Waals surface area contributed by atoms with Gasteiger partial charge in [-0.25, -0.2) is 0 Å². The van der Waals surface area contributed by atoms with Crippen molar-refractivity contribution in [1.29, 1.82) is 0 Å². The van der Waals surface area contributed by atoms with Gasteiger partial charge >= 0.3 is 5.97 Å². The van der Waals surface area contributed by atoms with Gasteiger partial charge in [0.2, 0.25) is 5.91 Å². The lowest BCUT2D eigenvalue weighted by Crippen LogP contribution is -2.28. The number of esters is 1. The number of hydrogen-bond acceptors (Lipinski definition) is 5. The Kier molecular flexibility index (Phi) is 5.23. The molecule has 3 rings (SSSR count). The number of benzodiazepines with no additional fused rings is 1. The number of ether oxygens (including phenoxy) is 2. The molecular formula is C19H17ClN2O4. The maximum Gasteiger partial charge on any atom is 0.308 e. The number of hydrogen-bond donors (Lipinski definition) is 1. The van der Waals surface area contributed by atoms with E-state index in [0.717, 1.165) is 5.56 Å². The number of fused-ring (bicyclic) bond motifs is 1. The Labute approximate surface area is 155 Å². The second-order valence-electron chi connectivity index (χ2n) is 5.68. The predicted molar refractivity (Wildman–Crippen MR) is 99.1 cm³/mol. The van der Waals surface area contributed by atoms with Crippen molar-refractivity contribution in [2.24, 2.45) is 4.99 Å². The Balaban J connectivity index is 2.15. The van der Waals surface area contributed by atoms with Crippen molar-refractivity contribution in [2.45, 2.75) is 12.5 Å². The summed E-state index contributed by atoms with van der Waals surface area (Å²) in [7, 11) is 2.84. The Morgan fingerprint density at radius 1 is 1.19 bits per heavy atom. The maximum absolute atomic E-state index is 12.5. The maximum atomic E-state index is 12.5. The van der Waals surface area contributed by atoms with E-state index in [1.807, 2.05) is 12.1 Å². The summed E-state index contributed by atoms with van der Waals surface area (Å²) in [4.78, 5) is 28.8. The number of aliphatic imine (C=N–C) groups is 1. The zero-order valence-corrected chi connectivity index (χ0v) is 15.0. The molecule has 1 aliphatic heterocycles. The number of nitrogens with one attached hydrogen (secondary N) is 1. The molecule has 1 atom stereocenters. The summed E-state index contributed by atoms with van der Waals surface area (Å²) in [5, 5.41) is 3.41. The van der Waals surface area contributed by atoms with Crippen molar-refractivity contribution in [3.8, 4) is 5.75 Å². The number of methoxy groups -OCH3 is 2. The van der Waals surface area contributed by atoms with E-state index >= 15 is 0 Å². The minimum absolute atomic E-state index is 0.148. The van der Waals surface area contributed by atoms with Crippen LogP contribution in [0.4, 0.5) is 5.69 Å². The van der Waals surface area contributed by atoms with E-state index in [-0.39, 0.29) is 12.3 Å². The van der Waals surface area contributed by atoms with E-state index in [1.165, 1.54) is 7.11 Å². The Morgan fingerprint density at radius 3 is 2.58 bits per heavy atom. The fourth-order valence-electron chi connectivity index (χ4n) is 2.67. The first-order chi connectivity index (χ1) is 12.5. The van der Waals surface area contributed by atoms with Crippen LogP contribution in [0.2, 0.25) is 5.02 Å². The molecule has 1 aliphatic rings. The van der Waals surface area contributed by atoms with E-state index in [2.05, 4.69) is 15.0 Å². The molecule has 2 aromatic carbocycles. The molecule has 6 nitrogen and oxygen atoms in total. The van der Waals surface area contributed by atoms with E-state index < -0.39 is 12.0 Å². The molecule has 0 aliphatic carbocycles. The van der Waals surface area contributed by atoms with Gasteiger partial charge in [-0.05, 0) is 30.3 Å². The average Bonchev–Trinajstić information content (AvgIpc) is 2.78. The third kappa shape index (κ3) is 3.70. The number of amides is 1. The molecule has 1 amide bonds. The standard InChI is InChI=1S/C19H17ClN2O4/c1-25-13-7-8-15-14(9-13)18(11-3-5-12(20)6-4-11)21-16(19(24)22-15)10-17(23)26-2/h3-9,16H,10H2,1-2H3,(H,22,24). The Morgan fingerprint density at radius 2 is 1.92 bits per heavy atom. The van der Waals surface area contributed by atoms with Gasteiger partial charge in [0.15, 0.2) is 0 Å². The average molecular weight is 373 g/mol. The topological polar surface area (TPSA) is 77.0 Å². The first-order valence-corrected chi connectivity index (χ1v) is 8.29. The zero-order chi connectivity index (χ0) is 18.7. The van der Waals surface area contributed by atoms with Crippen molar-refractivity contribution in [3.05, 3.63) is 58.6 Å². The summed E-state index contributed by atoms with van der Waals surface area (Å²) in [6.07, 6.45) is -0.148. The minimum Gasteiger partial charge on any atom is -0.497 e. The van der Waals surface area contributed by atoms with Crippen molar-refractivity contribution >= 4 is 34.9 Å². The summed E-state index contributed by atoms with van der Waals surface area (Å²) in [6, 6.07) is 11.5. The lowest BCUT2D eigenvalue weighted by Gasteiger charge is -2.11. The van der Waals surface area contributed by atoms with Crippen molar-refractivity contribution in [2.75, 3.05) is 19.5 Å². The molecule has 2 aromatic rings. The first kappa shape index (κ1) is 17.9. The zero-order valence-electron chi connectivity index (χ0n) is 14.3. The van der Waals surface area contributed by atoms with E-state index in [1.54, 1.807) is 37.4 Å². The van der Waals surface area contributed by atoms with Gasteiger partial charge in [0.25, 0.3) is 0 Å². The highest BCUT2D eigenvalue weighted by atomic mass is 35.5. The van der Waals surface area contributed by atoms with Gasteiger partial charge < -0.3 is 14.8 Å². The van der Waals surface area contributed by atoms with Crippen LogP contribution in [-0.2, 0) is 14.3 Å². The Bertz CT molecular complexity index is 878. The van der Waals surface area contributed by atoms with Gasteiger partial charge in [0.1, 0.15) is 11.8 Å². The lowest BCUT2D eigenvalue weighted by atomic mass is 10.00. The fraction of sp³-hybridized carbons (Fsp3) is 0.211. The molecule has 1 N–H and O–H groups in total. The predicted octanol–water partition coefficient (Wildman–Crippen LogP) is 3.07. The van der Waals surface area contributed by atoms with Crippen molar-refractivity contribution in [3.63, 3.8) is 0 Å². The second-order valence-corrected chi connectivity index (χ2v) is 6.12. The SMILES string of the molecule is COC(=O)CC1N=C(c2ccc(Cl)cc2)c2cc(OC)ccc2NC1=O. The Hall–Kier alpha value is -2.86. The summed E-state index contributed by atoms with van der Waals surface area (Å²) in [5.74, 6) is -0.246. The monoisotopic (exact) mass is 372 g/mol. The van der Waals surface area contributed by atoms with E-state index in [4.69, 9.17) is 16.3 Å². The summed E-state index contributed by atoms with van der Waals surface area (Å²) >= 11 is 5.98. The van der Waals surface area contributed by atoms with Gasteiger partial charge in [-0.1, -0.05) is 23.7 Å². The molecule has 26 heavy (non-hydrogen) atoms. The molecule has 1 heterocycles. The third-order valence-electron chi connectivity index (χ3n) is 4.03. The molecule has 0 saturated heterocycles. The van der Waals surface area contributed by atoms with E-state index in [0.29, 0.717) is 27.7 Å². The molecule has 0 radical (unpaired) electrons. The summed E-state index contributed by atoms with van der Waals surface area (Å²) in [6.45, 7) is 0. The van der Waals surface area contributed by atoms with Crippen molar-refractivity contribution in [1.82, 2.24) is 0 Å². The van der Waals surface area contributed by atoms with Gasteiger partial charge in [-0.3, -0.25) is 14.6 Å². The number of carbonyl (C=O) groups excluding carboxylic acids is 2. The highest BCUT2D eigenvalue weighted by Crippen LogP contribution is 2.29. The van der Waals surface area contributed by atoms with Crippen molar-refractivity contribution < 1.29 is 19.1 Å². The fourth-order valence-corrected chi connectivity index (χ4v) is 2.80. The third-order valence-corrected chi connectivity index (χ3v) is 4.28. The molecule has 0 spiro atoms. The number of halogens is 1.